The van der Waals surface area contributed by atoms with Gasteiger partial charge in [-0.3, -0.25) is 19.5 Å². The van der Waals surface area contributed by atoms with E-state index < -0.39 is 23.8 Å². The molecule has 0 aromatic heterocycles. The Bertz CT molecular complexity index is 1330. The Morgan fingerprint density at radius 1 is 1.03 bits per heavy atom. The maximum atomic E-state index is 13.6. The summed E-state index contributed by atoms with van der Waals surface area (Å²) in [5.41, 5.74) is 1.99. The lowest BCUT2D eigenvalue weighted by atomic mass is 9.92. The fraction of sp³-hybridized carbons (Fsp3) is 0.192. The average Bonchev–Trinajstić information content (AvgIpc) is 3.36. The van der Waals surface area contributed by atoms with Crippen molar-refractivity contribution in [3.8, 4) is 11.5 Å². The van der Waals surface area contributed by atoms with Gasteiger partial charge in [-0.05, 0) is 60.5 Å². The number of halogens is 2. The van der Waals surface area contributed by atoms with Gasteiger partial charge >= 0.3 is 0 Å². The number of hydrogen-bond donors (Lipinski definition) is 1. The first-order chi connectivity index (χ1) is 16.9. The number of anilines is 1. The Morgan fingerprint density at radius 3 is 2.43 bits per heavy atom. The molecule has 0 bridgehead atoms. The maximum Gasteiger partial charge on any atom is 0.255 e. The Hall–Kier alpha value is -3.91. The summed E-state index contributed by atoms with van der Waals surface area (Å²) in [5.74, 6) is -1.98. The van der Waals surface area contributed by atoms with Crippen molar-refractivity contribution in [3.05, 3.63) is 88.7 Å². The van der Waals surface area contributed by atoms with Gasteiger partial charge in [0.1, 0.15) is 17.8 Å². The monoisotopic (exact) mass is 493 g/mol. The van der Waals surface area contributed by atoms with Crippen LogP contribution in [0.5, 0.6) is 11.5 Å². The van der Waals surface area contributed by atoms with Gasteiger partial charge in [0.25, 0.3) is 5.91 Å². The molecule has 0 aliphatic carbocycles. The van der Waals surface area contributed by atoms with Gasteiger partial charge in [-0.1, -0.05) is 29.8 Å². The van der Waals surface area contributed by atoms with Crippen LogP contribution >= 0.6 is 11.6 Å². The Kier molecular flexibility index (Phi) is 5.90. The van der Waals surface area contributed by atoms with Gasteiger partial charge in [-0.2, -0.15) is 5.10 Å². The van der Waals surface area contributed by atoms with Crippen LogP contribution in [0.1, 0.15) is 11.1 Å². The third-order valence-corrected chi connectivity index (χ3v) is 6.52. The molecule has 1 N–H and O–H groups in total. The van der Waals surface area contributed by atoms with Crippen molar-refractivity contribution in [2.24, 2.45) is 11.0 Å². The van der Waals surface area contributed by atoms with Crippen molar-refractivity contribution in [1.82, 2.24) is 4.90 Å². The number of rotatable bonds is 6. The van der Waals surface area contributed by atoms with Crippen molar-refractivity contribution < 1.29 is 23.8 Å². The van der Waals surface area contributed by atoms with Crippen molar-refractivity contribution in [1.29, 1.82) is 0 Å². The number of hydrogen-bond acceptors (Lipinski definition) is 6. The van der Waals surface area contributed by atoms with Gasteiger partial charge in [-0.15, -0.1) is 0 Å². The van der Waals surface area contributed by atoms with Crippen LogP contribution in [0.3, 0.4) is 0 Å². The van der Waals surface area contributed by atoms with E-state index in [4.69, 9.17) is 16.3 Å². The molecule has 2 amide bonds. The van der Waals surface area contributed by atoms with Gasteiger partial charge in [0.05, 0.1) is 18.5 Å². The minimum absolute atomic E-state index is 0.141. The first-order valence-corrected chi connectivity index (χ1v) is 11.4. The van der Waals surface area contributed by atoms with Gasteiger partial charge < -0.3 is 9.84 Å². The Morgan fingerprint density at radius 2 is 1.74 bits per heavy atom. The molecule has 5 rings (SSSR count). The largest absolute Gasteiger partial charge is 0.504 e. The highest BCUT2D eigenvalue weighted by molar-refractivity contribution is 6.30. The summed E-state index contributed by atoms with van der Waals surface area (Å²) in [6.07, 6.45) is 0.384. The molecule has 7 nitrogen and oxygen atoms in total. The maximum absolute atomic E-state index is 13.6. The summed E-state index contributed by atoms with van der Waals surface area (Å²) in [4.78, 5) is 28.3. The number of hydrazone groups is 1. The molecule has 3 aromatic rings. The van der Waals surface area contributed by atoms with E-state index >= 15 is 0 Å². The zero-order valence-corrected chi connectivity index (χ0v) is 19.4. The predicted molar refractivity (Wildman–Crippen MR) is 129 cm³/mol. The molecule has 2 aliphatic rings. The molecule has 35 heavy (non-hydrogen) atoms. The molecule has 178 valence electrons. The summed E-state index contributed by atoms with van der Waals surface area (Å²) in [6.45, 7) is 0.141. The second kappa shape index (κ2) is 9.03. The van der Waals surface area contributed by atoms with E-state index in [9.17, 15) is 19.1 Å². The molecule has 1 fully saturated rings. The number of benzene rings is 3. The number of ether oxygens (including phenoxy) is 1. The number of phenolic OH excluding ortho intramolecular Hbond substituents is 1. The van der Waals surface area contributed by atoms with Crippen LogP contribution in [-0.2, 0) is 16.0 Å². The van der Waals surface area contributed by atoms with Gasteiger partial charge in [0.2, 0.25) is 5.91 Å². The highest BCUT2D eigenvalue weighted by Crippen LogP contribution is 2.41. The summed E-state index contributed by atoms with van der Waals surface area (Å²) >= 11 is 6.04. The lowest BCUT2D eigenvalue weighted by Gasteiger charge is -2.22. The lowest BCUT2D eigenvalue weighted by molar-refractivity contribution is -0.139. The summed E-state index contributed by atoms with van der Waals surface area (Å²) < 4.78 is 18.5. The standard InChI is InChI=1S/C26H21ClFN3O4/c1-35-20-4-2-3-19(24(20)32)22-21-23(31(29-22)18-11-7-16(27)8-12-18)26(34)30(25(21)33)14-13-15-5-9-17(28)10-6-15/h2-12,21,23,32H,13-14H2,1H3. The number of phenols is 1. The number of nitrogens with zero attached hydrogens (tertiary/aromatic N) is 3. The van der Waals surface area contributed by atoms with Crippen LogP contribution in [0.15, 0.2) is 71.8 Å². The van der Waals surface area contributed by atoms with E-state index in [1.807, 2.05) is 0 Å². The summed E-state index contributed by atoms with van der Waals surface area (Å²) in [7, 11) is 1.43. The number of likely N-dealkylation sites (tertiary alicyclic amines) is 1. The second-order valence-electron chi connectivity index (χ2n) is 8.29. The molecule has 9 heteroatoms. The van der Waals surface area contributed by atoms with Crippen molar-refractivity contribution in [3.63, 3.8) is 0 Å². The number of carbonyl (C=O) groups excluding carboxylic acids is 2. The fourth-order valence-electron chi connectivity index (χ4n) is 4.51. The first kappa shape index (κ1) is 22.9. The van der Waals surface area contributed by atoms with Crippen LogP contribution in [0.2, 0.25) is 5.02 Å². The first-order valence-electron chi connectivity index (χ1n) is 11.0. The molecule has 0 radical (unpaired) electrons. The van der Waals surface area contributed by atoms with E-state index in [1.165, 1.54) is 29.2 Å². The van der Waals surface area contributed by atoms with E-state index in [-0.39, 0.29) is 29.6 Å². The third-order valence-electron chi connectivity index (χ3n) is 6.26. The summed E-state index contributed by atoms with van der Waals surface area (Å²) in [6, 6.07) is 16.7. The molecule has 3 aromatic carbocycles. The molecule has 2 unspecified atom stereocenters. The van der Waals surface area contributed by atoms with Crippen LogP contribution in [0.4, 0.5) is 10.1 Å². The Balaban J connectivity index is 1.53. The molecule has 2 aliphatic heterocycles. The molecule has 0 spiro atoms. The zero-order chi connectivity index (χ0) is 24.7. The van der Waals surface area contributed by atoms with Crippen molar-refractivity contribution in [2.75, 3.05) is 18.7 Å². The average molecular weight is 494 g/mol. The fourth-order valence-corrected chi connectivity index (χ4v) is 4.63. The van der Waals surface area contributed by atoms with E-state index in [0.717, 1.165) is 5.56 Å². The minimum Gasteiger partial charge on any atom is -0.504 e. The number of amides is 2. The highest BCUT2D eigenvalue weighted by atomic mass is 35.5. The third kappa shape index (κ3) is 4.00. The van der Waals surface area contributed by atoms with E-state index in [0.29, 0.717) is 22.7 Å². The predicted octanol–water partition coefficient (Wildman–Crippen LogP) is 4.01. The number of carbonyl (C=O) groups is 2. The Labute approximate surface area is 206 Å². The SMILES string of the molecule is COc1cccc(C2=NN(c3ccc(Cl)cc3)C3C(=O)N(CCc4ccc(F)cc4)C(=O)C23)c1O. The molecular weight excluding hydrogens is 473 g/mol. The van der Waals surface area contributed by atoms with Crippen LogP contribution in [-0.4, -0.2) is 47.2 Å². The van der Waals surface area contributed by atoms with Crippen LogP contribution in [0.25, 0.3) is 0 Å². The number of methoxy groups -OCH3 is 1. The quantitative estimate of drug-likeness (QED) is 0.525. The number of aromatic hydroxyl groups is 1. The van der Waals surface area contributed by atoms with E-state index in [1.54, 1.807) is 54.6 Å². The highest BCUT2D eigenvalue weighted by Gasteiger charge is 2.57. The van der Waals surface area contributed by atoms with Crippen molar-refractivity contribution in [2.45, 2.75) is 12.5 Å². The molecule has 1 saturated heterocycles. The molecule has 2 heterocycles. The van der Waals surface area contributed by atoms with Crippen LogP contribution < -0.4 is 9.75 Å². The van der Waals surface area contributed by atoms with Gasteiger partial charge in [-0.25, -0.2) is 4.39 Å². The number of fused-ring (bicyclic) bond motifs is 1. The van der Waals surface area contributed by atoms with Crippen LogP contribution in [0, 0.1) is 11.7 Å². The summed E-state index contributed by atoms with van der Waals surface area (Å²) in [5, 5.41) is 17.4. The normalized spacial score (nSPS) is 19.2. The molecular formula is C26H21ClFN3O4. The number of imide groups is 1. The van der Waals surface area contributed by atoms with Crippen molar-refractivity contribution >= 4 is 34.8 Å². The lowest BCUT2D eigenvalue weighted by Crippen LogP contribution is -2.39. The smallest absolute Gasteiger partial charge is 0.255 e. The molecule has 2 atom stereocenters. The minimum atomic E-state index is -0.913. The molecule has 0 saturated carbocycles. The van der Waals surface area contributed by atoms with Gasteiger partial charge in [0, 0.05) is 17.1 Å². The second-order valence-corrected chi connectivity index (χ2v) is 8.73. The topological polar surface area (TPSA) is 82.4 Å². The van der Waals surface area contributed by atoms with Gasteiger partial charge in [0.15, 0.2) is 11.5 Å². The zero-order valence-electron chi connectivity index (χ0n) is 18.7. The number of para-hydroxylation sites is 1. The van der Waals surface area contributed by atoms with E-state index in [2.05, 4.69) is 5.10 Å².